The maximum absolute atomic E-state index is 10.9. The molecule has 0 amide bonds. The van der Waals surface area contributed by atoms with Crippen LogP contribution in [-0.4, -0.2) is 18.2 Å². The summed E-state index contributed by atoms with van der Waals surface area (Å²) in [4.78, 5) is 10.9. The van der Waals surface area contributed by atoms with Gasteiger partial charge in [-0.25, -0.2) is 0 Å². The lowest BCUT2D eigenvalue weighted by atomic mass is 10.00. The first-order valence-corrected chi connectivity index (χ1v) is 5.22. The van der Waals surface area contributed by atoms with Crippen LogP contribution in [0.1, 0.15) is 18.1 Å². The van der Waals surface area contributed by atoms with E-state index >= 15 is 0 Å². The summed E-state index contributed by atoms with van der Waals surface area (Å²) in [6.45, 7) is 1.71. The van der Waals surface area contributed by atoms with Crippen LogP contribution in [0, 0.1) is 5.92 Å². The van der Waals surface area contributed by atoms with E-state index in [-0.39, 0.29) is 0 Å². The number of carboxylic acid groups (broad SMARTS) is 1. The number of hydrogen-bond donors (Lipinski definition) is 1. The van der Waals surface area contributed by atoms with Crippen molar-refractivity contribution in [2.45, 2.75) is 13.3 Å². The van der Waals surface area contributed by atoms with Gasteiger partial charge in [0.25, 0.3) is 0 Å². The van der Waals surface area contributed by atoms with E-state index in [1.54, 1.807) is 14.0 Å². The quantitative estimate of drug-likeness (QED) is 0.847. The average molecular weight is 218 g/mol. The molecule has 3 nitrogen and oxygen atoms in total. The lowest BCUT2D eigenvalue weighted by Crippen LogP contribution is -2.12. The molecule has 1 aliphatic carbocycles. The van der Waals surface area contributed by atoms with Crippen molar-refractivity contribution in [3.63, 3.8) is 0 Å². The molecule has 16 heavy (non-hydrogen) atoms. The first-order valence-electron chi connectivity index (χ1n) is 5.22. The van der Waals surface area contributed by atoms with E-state index in [4.69, 9.17) is 9.84 Å². The Morgan fingerprint density at radius 1 is 1.50 bits per heavy atom. The molecule has 2 rings (SSSR count). The zero-order valence-corrected chi connectivity index (χ0v) is 9.36. The third-order valence-corrected chi connectivity index (χ3v) is 3.03. The number of carboxylic acids is 1. The van der Waals surface area contributed by atoms with Crippen molar-refractivity contribution in [3.8, 4) is 5.75 Å². The lowest BCUT2D eigenvalue weighted by Gasteiger charge is -2.06. The summed E-state index contributed by atoms with van der Waals surface area (Å²) in [5.74, 6) is -0.403. The SMILES string of the molecule is COc1cccc2c1C=C(C(C)C(=O)O)C2. The minimum absolute atomic E-state index is 0.433. The molecule has 1 aromatic carbocycles. The molecule has 0 saturated heterocycles. The van der Waals surface area contributed by atoms with Crippen molar-refractivity contribution in [1.29, 1.82) is 0 Å². The molecule has 0 saturated carbocycles. The van der Waals surface area contributed by atoms with E-state index in [9.17, 15) is 4.79 Å². The summed E-state index contributed by atoms with van der Waals surface area (Å²) in [7, 11) is 1.63. The Morgan fingerprint density at radius 2 is 2.25 bits per heavy atom. The van der Waals surface area contributed by atoms with E-state index in [1.165, 1.54) is 0 Å². The van der Waals surface area contributed by atoms with Crippen molar-refractivity contribution < 1.29 is 14.6 Å². The van der Waals surface area contributed by atoms with Crippen LogP contribution in [-0.2, 0) is 11.2 Å². The fraction of sp³-hybridized carbons (Fsp3) is 0.308. The molecule has 1 unspecified atom stereocenters. The number of aliphatic carboxylic acids is 1. The monoisotopic (exact) mass is 218 g/mol. The Kier molecular flexibility index (Phi) is 2.69. The number of rotatable bonds is 3. The summed E-state index contributed by atoms with van der Waals surface area (Å²) in [5.41, 5.74) is 3.10. The topological polar surface area (TPSA) is 46.5 Å². The highest BCUT2D eigenvalue weighted by Gasteiger charge is 2.23. The second-order valence-corrected chi connectivity index (χ2v) is 3.99. The van der Waals surface area contributed by atoms with Crippen molar-refractivity contribution in [1.82, 2.24) is 0 Å². The van der Waals surface area contributed by atoms with Gasteiger partial charge in [0.05, 0.1) is 13.0 Å². The Morgan fingerprint density at radius 3 is 2.88 bits per heavy atom. The van der Waals surface area contributed by atoms with Crippen LogP contribution >= 0.6 is 0 Å². The molecular formula is C13H14O3. The van der Waals surface area contributed by atoms with Crippen LogP contribution in [0.15, 0.2) is 23.8 Å². The van der Waals surface area contributed by atoms with Crippen LogP contribution in [0.25, 0.3) is 6.08 Å². The molecule has 1 aromatic rings. The molecule has 84 valence electrons. The van der Waals surface area contributed by atoms with Crippen LogP contribution < -0.4 is 4.74 Å². The minimum Gasteiger partial charge on any atom is -0.496 e. The van der Waals surface area contributed by atoms with Gasteiger partial charge in [-0.1, -0.05) is 23.8 Å². The molecule has 0 aliphatic heterocycles. The Labute approximate surface area is 94.4 Å². The predicted octanol–water partition coefficient (Wildman–Crippen LogP) is 2.36. The molecule has 0 spiro atoms. The number of ether oxygens (including phenoxy) is 1. The zero-order chi connectivity index (χ0) is 11.7. The molecular weight excluding hydrogens is 204 g/mol. The number of carbonyl (C=O) groups is 1. The number of methoxy groups -OCH3 is 1. The van der Waals surface area contributed by atoms with Gasteiger partial charge in [0.15, 0.2) is 0 Å². The molecule has 1 aliphatic rings. The van der Waals surface area contributed by atoms with Gasteiger partial charge < -0.3 is 9.84 Å². The van der Waals surface area contributed by atoms with Gasteiger partial charge in [-0.3, -0.25) is 4.79 Å². The smallest absolute Gasteiger partial charge is 0.310 e. The van der Waals surface area contributed by atoms with Crippen LogP contribution in [0.4, 0.5) is 0 Å². The lowest BCUT2D eigenvalue weighted by molar-refractivity contribution is -0.139. The second kappa shape index (κ2) is 4.00. The molecule has 0 aromatic heterocycles. The van der Waals surface area contributed by atoms with Crippen LogP contribution in [0.5, 0.6) is 5.75 Å². The summed E-state index contributed by atoms with van der Waals surface area (Å²) < 4.78 is 5.25. The van der Waals surface area contributed by atoms with Gasteiger partial charge in [-0.2, -0.15) is 0 Å². The van der Waals surface area contributed by atoms with Crippen molar-refractivity contribution in [2.75, 3.05) is 7.11 Å². The molecule has 3 heteroatoms. The fourth-order valence-electron chi connectivity index (χ4n) is 1.98. The Balaban J connectivity index is 2.36. The predicted molar refractivity (Wildman–Crippen MR) is 61.5 cm³/mol. The molecule has 1 atom stereocenters. The normalized spacial score (nSPS) is 15.2. The average Bonchev–Trinajstić information content (AvgIpc) is 2.70. The van der Waals surface area contributed by atoms with E-state index in [2.05, 4.69) is 0 Å². The van der Waals surface area contributed by atoms with E-state index in [0.29, 0.717) is 6.42 Å². The highest BCUT2D eigenvalue weighted by Crippen LogP contribution is 2.35. The van der Waals surface area contributed by atoms with Gasteiger partial charge in [0.2, 0.25) is 0 Å². The number of benzene rings is 1. The molecule has 0 bridgehead atoms. The summed E-state index contributed by atoms with van der Waals surface area (Å²) in [6, 6.07) is 5.83. The van der Waals surface area contributed by atoms with Gasteiger partial charge in [0, 0.05) is 5.56 Å². The largest absolute Gasteiger partial charge is 0.496 e. The van der Waals surface area contributed by atoms with Gasteiger partial charge in [0.1, 0.15) is 5.75 Å². The summed E-state index contributed by atoms with van der Waals surface area (Å²) in [5, 5.41) is 8.98. The van der Waals surface area contributed by atoms with E-state index in [0.717, 1.165) is 22.4 Å². The fourth-order valence-corrected chi connectivity index (χ4v) is 1.98. The molecule has 0 fully saturated rings. The van der Waals surface area contributed by atoms with E-state index < -0.39 is 11.9 Å². The highest BCUT2D eigenvalue weighted by molar-refractivity contribution is 5.79. The van der Waals surface area contributed by atoms with Crippen LogP contribution in [0.3, 0.4) is 0 Å². The summed E-state index contributed by atoms with van der Waals surface area (Å²) in [6.07, 6.45) is 2.65. The van der Waals surface area contributed by atoms with Gasteiger partial charge in [-0.05, 0) is 25.0 Å². The second-order valence-electron chi connectivity index (χ2n) is 3.99. The zero-order valence-electron chi connectivity index (χ0n) is 9.36. The maximum atomic E-state index is 10.9. The maximum Gasteiger partial charge on any atom is 0.310 e. The van der Waals surface area contributed by atoms with E-state index in [1.807, 2.05) is 24.3 Å². The molecule has 1 N–H and O–H groups in total. The van der Waals surface area contributed by atoms with Gasteiger partial charge in [-0.15, -0.1) is 0 Å². The number of hydrogen-bond acceptors (Lipinski definition) is 2. The minimum atomic E-state index is -0.780. The summed E-state index contributed by atoms with van der Waals surface area (Å²) >= 11 is 0. The van der Waals surface area contributed by atoms with Crippen molar-refractivity contribution in [2.24, 2.45) is 5.92 Å². The third-order valence-electron chi connectivity index (χ3n) is 3.03. The molecule has 0 heterocycles. The Bertz CT molecular complexity index is 460. The van der Waals surface area contributed by atoms with Crippen molar-refractivity contribution >= 4 is 12.0 Å². The third kappa shape index (κ3) is 1.69. The van der Waals surface area contributed by atoms with Crippen molar-refractivity contribution in [3.05, 3.63) is 34.9 Å². The number of fused-ring (bicyclic) bond motifs is 1. The Hall–Kier alpha value is -1.77. The van der Waals surface area contributed by atoms with Gasteiger partial charge >= 0.3 is 5.97 Å². The molecule has 0 radical (unpaired) electrons. The standard InChI is InChI=1S/C13H14O3/c1-8(13(14)15)10-6-9-4-3-5-12(16-2)11(9)7-10/h3-5,7-8H,6H2,1-2H3,(H,14,15). The first kappa shape index (κ1) is 10.7. The van der Waals surface area contributed by atoms with Crippen LogP contribution in [0.2, 0.25) is 0 Å². The highest BCUT2D eigenvalue weighted by atomic mass is 16.5. The first-order chi connectivity index (χ1) is 7.63.